The minimum Gasteiger partial charge on any atom is -0.126 e. The average molecular weight is 294 g/mol. The molecule has 6 heteroatoms. The average Bonchev–Trinajstić information content (AvgIpc) is 1.95. The van der Waals surface area contributed by atoms with Crippen molar-refractivity contribution in [1.82, 2.24) is 0 Å². The second-order valence-corrected chi connectivity index (χ2v) is 12.4. The smallest absolute Gasteiger partial charge is 0.126 e. The Bertz CT molecular complexity index is 286. The van der Waals surface area contributed by atoms with E-state index in [4.69, 9.17) is 56.4 Å². The molecule has 0 saturated carbocycles. The molecule has 0 radical (unpaired) electrons. The molecule has 0 saturated heterocycles. The van der Waals surface area contributed by atoms with Gasteiger partial charge in [0.2, 0.25) is 0 Å². The van der Waals surface area contributed by atoms with E-state index in [2.05, 4.69) is 0 Å². The molecule has 0 bridgehead atoms. The van der Waals surface area contributed by atoms with Gasteiger partial charge in [0, 0.05) is 16.1 Å². The van der Waals surface area contributed by atoms with Crippen LogP contribution < -0.4 is 0 Å². The Morgan fingerprint density at radius 1 is 1.00 bits per heavy atom. The van der Waals surface area contributed by atoms with E-state index >= 15 is 0 Å². The molecular weight excluding hydrogens is 289 g/mol. The molecule has 0 spiro atoms. The summed E-state index contributed by atoms with van der Waals surface area (Å²) >= 11 is 29.1. The van der Waals surface area contributed by atoms with Gasteiger partial charge in [-0.1, -0.05) is 29.3 Å². The fourth-order valence-corrected chi connectivity index (χ4v) is 3.64. The van der Waals surface area contributed by atoms with E-state index in [1.54, 1.807) is 18.2 Å². The molecule has 0 aromatic heterocycles. The molecule has 1 aromatic carbocycles. The predicted molar refractivity (Wildman–Crippen MR) is 63.5 cm³/mol. The molecule has 0 atom stereocenters. The van der Waals surface area contributed by atoms with Crippen LogP contribution in [0.4, 0.5) is 0 Å². The molecular formula is C7H5Cl5Si. The Morgan fingerprint density at radius 3 is 1.85 bits per heavy atom. The van der Waals surface area contributed by atoms with E-state index in [-0.39, 0.29) is 0 Å². The van der Waals surface area contributed by atoms with Crippen LogP contribution in [0, 0.1) is 0 Å². The zero-order valence-electron chi connectivity index (χ0n) is 6.33. The van der Waals surface area contributed by atoms with Gasteiger partial charge in [-0.15, -0.1) is 33.2 Å². The van der Waals surface area contributed by atoms with Crippen LogP contribution in [0.3, 0.4) is 0 Å². The number of rotatable bonds is 2. The zero-order valence-corrected chi connectivity index (χ0v) is 11.1. The molecule has 0 nitrogen and oxygen atoms in total. The van der Waals surface area contributed by atoms with Crippen LogP contribution in [-0.2, 0) is 6.04 Å². The summed E-state index contributed by atoms with van der Waals surface area (Å²) in [4.78, 5) is 0. The summed E-state index contributed by atoms with van der Waals surface area (Å²) in [6, 6.07) is 2.85. The first-order valence-corrected chi connectivity index (χ1v) is 9.39. The van der Waals surface area contributed by atoms with E-state index in [1.165, 1.54) is 0 Å². The van der Waals surface area contributed by atoms with Crippen LogP contribution >= 0.6 is 56.4 Å². The molecule has 0 N–H and O–H groups in total. The van der Waals surface area contributed by atoms with Crippen LogP contribution in [0.25, 0.3) is 0 Å². The largest absolute Gasteiger partial charge is 0.345 e. The second-order valence-electron chi connectivity index (χ2n) is 2.49. The molecule has 72 valence electrons. The molecule has 13 heavy (non-hydrogen) atoms. The Morgan fingerprint density at radius 2 is 1.46 bits per heavy atom. The van der Waals surface area contributed by atoms with Crippen LogP contribution in [-0.4, -0.2) is 6.00 Å². The topological polar surface area (TPSA) is 0 Å². The van der Waals surface area contributed by atoms with Crippen molar-refractivity contribution < 1.29 is 0 Å². The van der Waals surface area contributed by atoms with E-state index in [0.717, 1.165) is 5.56 Å². The van der Waals surface area contributed by atoms with Gasteiger partial charge in [0.05, 0.1) is 0 Å². The lowest BCUT2D eigenvalue weighted by atomic mass is 10.2. The van der Waals surface area contributed by atoms with Gasteiger partial charge in [-0.3, -0.25) is 0 Å². The molecule has 1 rings (SSSR count). The van der Waals surface area contributed by atoms with Crippen LogP contribution in [0.1, 0.15) is 5.56 Å². The Hall–Kier alpha value is 0.887. The Kier molecular flexibility index (Phi) is 4.24. The number of hydrogen-bond donors (Lipinski definition) is 0. The molecule has 1 aromatic rings. The van der Waals surface area contributed by atoms with E-state index in [9.17, 15) is 0 Å². The Balaban J connectivity index is 3.00. The summed E-state index contributed by atoms with van der Waals surface area (Å²) in [5.74, 6) is 0. The molecule has 0 heterocycles. The van der Waals surface area contributed by atoms with Crippen molar-refractivity contribution in [3.63, 3.8) is 0 Å². The first-order valence-electron chi connectivity index (χ1n) is 3.40. The monoisotopic (exact) mass is 292 g/mol. The lowest BCUT2D eigenvalue weighted by Crippen LogP contribution is -2.14. The van der Waals surface area contributed by atoms with Gasteiger partial charge >= 0.3 is 6.00 Å². The number of hydrogen-bond acceptors (Lipinski definition) is 0. The zero-order chi connectivity index (χ0) is 10.1. The van der Waals surface area contributed by atoms with Crippen molar-refractivity contribution in [2.45, 2.75) is 6.04 Å². The highest BCUT2D eigenvalue weighted by Gasteiger charge is 2.27. The van der Waals surface area contributed by atoms with Crippen molar-refractivity contribution in [3.05, 3.63) is 33.8 Å². The normalized spacial score (nSPS) is 11.8. The minimum absolute atomic E-state index is 0.343. The van der Waals surface area contributed by atoms with Crippen molar-refractivity contribution in [1.29, 1.82) is 0 Å². The van der Waals surface area contributed by atoms with Gasteiger partial charge in [0.1, 0.15) is 0 Å². The van der Waals surface area contributed by atoms with Gasteiger partial charge in [-0.2, -0.15) is 0 Å². The van der Waals surface area contributed by atoms with Gasteiger partial charge in [-0.25, -0.2) is 0 Å². The maximum atomic E-state index is 5.90. The first-order chi connectivity index (χ1) is 5.90. The standard InChI is InChI=1S/C7H5Cl5Si/c8-6-2-1-3-7(9)5(6)4-13(10,11)12/h1-3H,4H2. The molecule has 0 fully saturated rings. The number of halogens is 5. The lowest BCUT2D eigenvalue weighted by molar-refractivity contribution is 1.38. The summed E-state index contributed by atoms with van der Waals surface area (Å²) in [6.07, 6.45) is 0. The molecule has 0 amide bonds. The minimum atomic E-state index is -2.71. The lowest BCUT2D eigenvalue weighted by Gasteiger charge is -2.10. The van der Waals surface area contributed by atoms with Crippen molar-refractivity contribution >= 4 is 62.4 Å². The van der Waals surface area contributed by atoms with Crippen LogP contribution in [0.5, 0.6) is 0 Å². The van der Waals surface area contributed by atoms with Gasteiger partial charge < -0.3 is 0 Å². The fraction of sp³-hybridized carbons (Fsp3) is 0.143. The predicted octanol–water partition coefficient (Wildman–Crippen LogP) is 4.73. The second kappa shape index (κ2) is 4.60. The highest BCUT2D eigenvalue weighted by Crippen LogP contribution is 2.32. The highest BCUT2D eigenvalue weighted by atomic mass is 35.8. The number of benzene rings is 1. The molecule has 0 unspecified atom stereocenters. The summed E-state index contributed by atoms with van der Waals surface area (Å²) in [5, 5.41) is 1.10. The SMILES string of the molecule is Clc1cccc(Cl)c1C[Si](Cl)(Cl)Cl. The van der Waals surface area contributed by atoms with E-state index in [1.807, 2.05) is 0 Å². The quantitative estimate of drug-likeness (QED) is 0.546. The first kappa shape index (κ1) is 12.0. The third-order valence-electron chi connectivity index (χ3n) is 1.44. The van der Waals surface area contributed by atoms with Crippen molar-refractivity contribution in [2.75, 3.05) is 0 Å². The summed E-state index contributed by atoms with van der Waals surface area (Å²) in [6.45, 7) is 0. The van der Waals surface area contributed by atoms with Gasteiger partial charge in [0.25, 0.3) is 0 Å². The summed E-state index contributed by atoms with van der Waals surface area (Å²) < 4.78 is 0. The maximum Gasteiger partial charge on any atom is 0.345 e. The summed E-state index contributed by atoms with van der Waals surface area (Å²) in [5.41, 5.74) is 0.720. The maximum absolute atomic E-state index is 5.90. The van der Waals surface area contributed by atoms with Gasteiger partial charge in [0.15, 0.2) is 0 Å². The van der Waals surface area contributed by atoms with Gasteiger partial charge in [-0.05, 0) is 17.7 Å². The fourth-order valence-electron chi connectivity index (χ4n) is 0.902. The van der Waals surface area contributed by atoms with Crippen LogP contribution in [0.15, 0.2) is 18.2 Å². The Labute approximate surface area is 102 Å². The molecule has 0 aliphatic rings. The summed E-state index contributed by atoms with van der Waals surface area (Å²) in [7, 11) is 0. The molecule has 0 aliphatic carbocycles. The highest BCUT2D eigenvalue weighted by molar-refractivity contribution is 7.64. The van der Waals surface area contributed by atoms with E-state index < -0.39 is 6.00 Å². The van der Waals surface area contributed by atoms with Crippen LogP contribution in [0.2, 0.25) is 10.0 Å². The van der Waals surface area contributed by atoms with Crippen molar-refractivity contribution in [2.24, 2.45) is 0 Å². The molecule has 0 aliphatic heterocycles. The van der Waals surface area contributed by atoms with Crippen molar-refractivity contribution in [3.8, 4) is 0 Å². The van der Waals surface area contributed by atoms with E-state index in [0.29, 0.717) is 16.1 Å². The third-order valence-corrected chi connectivity index (χ3v) is 4.10. The third kappa shape index (κ3) is 3.86.